The van der Waals surface area contributed by atoms with Gasteiger partial charge >= 0.3 is 0 Å². The van der Waals surface area contributed by atoms with Crippen LogP contribution in [0, 0.1) is 0 Å². The average molecular weight is 371 g/mol. The second-order valence-electron chi connectivity index (χ2n) is 7.92. The fraction of sp³-hybridized carbons (Fsp3) is 0.550. The molecule has 1 fully saturated rings. The van der Waals surface area contributed by atoms with Crippen molar-refractivity contribution in [3.8, 4) is 5.75 Å². The lowest BCUT2D eigenvalue weighted by molar-refractivity contribution is -0.126. The van der Waals surface area contributed by atoms with Gasteiger partial charge in [-0.15, -0.1) is 0 Å². The van der Waals surface area contributed by atoms with Gasteiger partial charge < -0.3 is 14.8 Å². The van der Waals surface area contributed by atoms with Crippen LogP contribution in [0.3, 0.4) is 0 Å². The molecule has 7 nitrogen and oxygen atoms in total. The van der Waals surface area contributed by atoms with Gasteiger partial charge in [0.1, 0.15) is 11.6 Å². The Balaban J connectivity index is 1.42. The number of hydrogen-bond donors (Lipinski definition) is 1. The third-order valence-electron chi connectivity index (χ3n) is 5.22. The maximum absolute atomic E-state index is 12.6. The highest BCUT2D eigenvalue weighted by Gasteiger charge is 2.29. The highest BCUT2D eigenvalue weighted by molar-refractivity contribution is 5.80. The van der Waals surface area contributed by atoms with Gasteiger partial charge in [-0.25, -0.2) is 4.98 Å². The Morgan fingerprint density at radius 3 is 3.11 bits per heavy atom. The summed E-state index contributed by atoms with van der Waals surface area (Å²) in [5.74, 6) is 1.18. The number of nitrogens with zero attached hydrogens (tertiary/aromatic N) is 2. The highest BCUT2D eigenvalue weighted by atomic mass is 16.5. The van der Waals surface area contributed by atoms with Crippen molar-refractivity contribution in [2.24, 2.45) is 0 Å². The molecule has 27 heavy (non-hydrogen) atoms. The van der Waals surface area contributed by atoms with E-state index in [1.54, 1.807) is 22.8 Å². The predicted molar refractivity (Wildman–Crippen MR) is 101 cm³/mol. The number of fused-ring (bicyclic) bond motifs is 2. The summed E-state index contributed by atoms with van der Waals surface area (Å²) < 4.78 is 13.0. The van der Waals surface area contributed by atoms with E-state index in [1.807, 2.05) is 13.8 Å². The molecule has 2 aromatic rings. The number of nitrogens with one attached hydrogen (secondary N) is 1. The van der Waals surface area contributed by atoms with Crippen molar-refractivity contribution in [2.45, 2.75) is 57.7 Å². The van der Waals surface area contributed by atoms with Gasteiger partial charge in [0.15, 0.2) is 6.61 Å². The molecule has 2 aliphatic heterocycles. The number of carbonyl (C=O) groups is 1. The van der Waals surface area contributed by atoms with E-state index in [0.29, 0.717) is 29.8 Å². The predicted octanol–water partition coefficient (Wildman–Crippen LogP) is 1.80. The second-order valence-corrected chi connectivity index (χ2v) is 7.92. The normalized spacial score (nSPS) is 21.0. The molecule has 144 valence electrons. The molecule has 1 saturated heterocycles. The average Bonchev–Trinajstić information content (AvgIpc) is 3.08. The Morgan fingerprint density at radius 1 is 1.44 bits per heavy atom. The number of carbonyl (C=O) groups excluding carboxylic acids is 1. The third kappa shape index (κ3) is 3.83. The first-order valence-corrected chi connectivity index (χ1v) is 9.51. The van der Waals surface area contributed by atoms with Crippen molar-refractivity contribution in [3.63, 3.8) is 0 Å². The van der Waals surface area contributed by atoms with Crippen molar-refractivity contribution in [3.05, 3.63) is 34.4 Å². The molecule has 0 aliphatic carbocycles. The minimum atomic E-state index is -0.217. The van der Waals surface area contributed by atoms with Crippen LogP contribution in [0.2, 0.25) is 0 Å². The van der Waals surface area contributed by atoms with Crippen molar-refractivity contribution in [1.82, 2.24) is 14.9 Å². The van der Waals surface area contributed by atoms with E-state index < -0.39 is 0 Å². The van der Waals surface area contributed by atoms with E-state index in [4.69, 9.17) is 9.47 Å². The van der Waals surface area contributed by atoms with Crippen LogP contribution in [-0.4, -0.2) is 40.3 Å². The van der Waals surface area contributed by atoms with Crippen LogP contribution in [0.1, 0.15) is 38.9 Å². The molecule has 0 spiro atoms. The number of aromatic nitrogens is 2. The Labute approximate surface area is 157 Å². The lowest BCUT2D eigenvalue weighted by Gasteiger charge is -2.35. The van der Waals surface area contributed by atoms with E-state index in [-0.39, 0.29) is 29.7 Å². The summed E-state index contributed by atoms with van der Waals surface area (Å²) in [6, 6.07) is 5.31. The molecule has 1 aromatic carbocycles. The number of benzene rings is 1. The molecule has 2 aliphatic rings. The molecule has 0 radical (unpaired) electrons. The molecule has 0 bridgehead atoms. The SMILES string of the molecule is CC1(C)CC(NC(=O)COc2ccc3nc4n(c(=O)c3c2)CCC4)CCO1. The Bertz CT molecular complexity index is 935. The molecule has 1 aromatic heterocycles. The lowest BCUT2D eigenvalue weighted by atomic mass is 9.94. The Hall–Kier alpha value is -2.41. The minimum absolute atomic E-state index is 0.0353. The Morgan fingerprint density at radius 2 is 2.30 bits per heavy atom. The van der Waals surface area contributed by atoms with Crippen molar-refractivity contribution >= 4 is 16.8 Å². The van der Waals surface area contributed by atoms with Gasteiger partial charge in [0.05, 0.1) is 16.5 Å². The van der Waals surface area contributed by atoms with Gasteiger partial charge in [-0.05, 0) is 51.3 Å². The van der Waals surface area contributed by atoms with Crippen molar-refractivity contribution in [2.75, 3.05) is 13.2 Å². The zero-order valence-electron chi connectivity index (χ0n) is 15.8. The largest absolute Gasteiger partial charge is 0.484 e. The molecule has 1 N–H and O–H groups in total. The van der Waals surface area contributed by atoms with Crippen LogP contribution in [0.4, 0.5) is 0 Å². The molecule has 7 heteroatoms. The van der Waals surface area contributed by atoms with Crippen molar-refractivity contribution < 1.29 is 14.3 Å². The monoisotopic (exact) mass is 371 g/mol. The van der Waals surface area contributed by atoms with Gasteiger partial charge in [0.2, 0.25) is 0 Å². The number of ether oxygens (including phenoxy) is 2. The molecule has 1 amide bonds. The summed E-state index contributed by atoms with van der Waals surface area (Å²) >= 11 is 0. The summed E-state index contributed by atoms with van der Waals surface area (Å²) in [5.41, 5.74) is 0.423. The second kappa shape index (κ2) is 6.96. The standard InChI is InChI=1S/C20H25N3O4/c1-20(2)11-13(7-9-27-20)21-18(24)12-26-14-5-6-16-15(10-14)19(25)23-8-3-4-17(23)22-16/h5-6,10,13H,3-4,7-9,11-12H2,1-2H3,(H,21,24). The number of amides is 1. The van der Waals surface area contributed by atoms with Crippen LogP contribution >= 0.6 is 0 Å². The van der Waals surface area contributed by atoms with E-state index in [9.17, 15) is 9.59 Å². The molecule has 3 heterocycles. The van der Waals surface area contributed by atoms with Crippen LogP contribution in [0.25, 0.3) is 10.9 Å². The smallest absolute Gasteiger partial charge is 0.261 e. The van der Waals surface area contributed by atoms with Gasteiger partial charge in [-0.2, -0.15) is 0 Å². The zero-order chi connectivity index (χ0) is 19.0. The fourth-order valence-electron chi connectivity index (χ4n) is 3.93. The van der Waals surface area contributed by atoms with Crippen LogP contribution in [-0.2, 0) is 22.5 Å². The Kier molecular flexibility index (Phi) is 4.63. The molecule has 4 rings (SSSR count). The van der Waals surface area contributed by atoms with Gasteiger partial charge in [-0.3, -0.25) is 14.2 Å². The molecular weight excluding hydrogens is 346 g/mol. The minimum Gasteiger partial charge on any atom is -0.484 e. The molecule has 1 unspecified atom stereocenters. The van der Waals surface area contributed by atoms with Crippen LogP contribution in [0.15, 0.2) is 23.0 Å². The fourth-order valence-corrected chi connectivity index (χ4v) is 3.93. The number of hydrogen-bond acceptors (Lipinski definition) is 5. The van der Waals surface area contributed by atoms with E-state index in [0.717, 1.165) is 31.5 Å². The van der Waals surface area contributed by atoms with Gasteiger partial charge in [-0.1, -0.05) is 0 Å². The summed E-state index contributed by atoms with van der Waals surface area (Å²) in [5, 5.41) is 3.54. The quantitative estimate of drug-likeness (QED) is 0.886. The third-order valence-corrected chi connectivity index (χ3v) is 5.22. The van der Waals surface area contributed by atoms with E-state index >= 15 is 0 Å². The number of rotatable bonds is 4. The number of aryl methyl sites for hydroxylation is 1. The summed E-state index contributed by atoms with van der Waals surface area (Å²) in [6.45, 7) is 5.33. The van der Waals surface area contributed by atoms with E-state index in [2.05, 4.69) is 10.3 Å². The van der Waals surface area contributed by atoms with Crippen LogP contribution in [0.5, 0.6) is 5.75 Å². The van der Waals surface area contributed by atoms with Crippen LogP contribution < -0.4 is 15.6 Å². The maximum Gasteiger partial charge on any atom is 0.261 e. The lowest BCUT2D eigenvalue weighted by Crippen LogP contribution is -2.47. The first kappa shape index (κ1) is 18.0. The van der Waals surface area contributed by atoms with E-state index in [1.165, 1.54) is 0 Å². The maximum atomic E-state index is 12.6. The van der Waals surface area contributed by atoms with Gasteiger partial charge in [0, 0.05) is 25.6 Å². The summed E-state index contributed by atoms with van der Waals surface area (Å²) in [6.07, 6.45) is 3.37. The highest BCUT2D eigenvalue weighted by Crippen LogP contribution is 2.24. The summed E-state index contributed by atoms with van der Waals surface area (Å²) in [7, 11) is 0. The molecule has 1 atom stereocenters. The zero-order valence-corrected chi connectivity index (χ0v) is 15.8. The molecule has 0 saturated carbocycles. The molecular formula is C20H25N3O4. The van der Waals surface area contributed by atoms with Gasteiger partial charge in [0.25, 0.3) is 11.5 Å². The van der Waals surface area contributed by atoms with Crippen molar-refractivity contribution in [1.29, 1.82) is 0 Å². The summed E-state index contributed by atoms with van der Waals surface area (Å²) in [4.78, 5) is 29.4. The first-order valence-electron chi connectivity index (χ1n) is 9.51. The first-order chi connectivity index (χ1) is 12.9. The topological polar surface area (TPSA) is 82.5 Å².